The molecule has 0 aliphatic heterocycles. The average Bonchev–Trinajstić information content (AvgIpc) is 2.63. The van der Waals surface area contributed by atoms with Crippen molar-refractivity contribution in [1.29, 1.82) is 0 Å². The summed E-state index contributed by atoms with van der Waals surface area (Å²) >= 11 is 4.77. The molecule has 4 heteroatoms. The average molecular weight is 270 g/mol. The quantitative estimate of drug-likeness (QED) is 0.851. The molecule has 0 saturated heterocycles. The Labute approximate surface area is 94.7 Å². The van der Waals surface area contributed by atoms with Gasteiger partial charge in [-0.2, -0.15) is 4.98 Å². The topological polar surface area (TPSA) is 22.1 Å². The molecule has 0 saturated carbocycles. The van der Waals surface area contributed by atoms with Gasteiger partial charge in [0.2, 0.25) is 0 Å². The Morgan fingerprint density at radius 1 is 1.29 bits per heavy atom. The van der Waals surface area contributed by atoms with Crippen molar-refractivity contribution in [3.63, 3.8) is 0 Å². The number of benzene rings is 1. The van der Waals surface area contributed by atoms with Gasteiger partial charge in [0.25, 0.3) is 5.19 Å². The predicted octanol–water partition coefficient (Wildman–Crippen LogP) is 3.48. The standard InChI is InChI=1S/C10H8BrNOS/c11-9-7-14-10(12-9)13-6-8-4-2-1-3-5-8/h1-5,7H,6H2. The number of hydrogen-bond donors (Lipinski definition) is 0. The highest BCUT2D eigenvalue weighted by molar-refractivity contribution is 9.10. The van der Waals surface area contributed by atoms with Crippen LogP contribution in [0.4, 0.5) is 0 Å². The van der Waals surface area contributed by atoms with E-state index >= 15 is 0 Å². The largest absolute Gasteiger partial charge is 0.465 e. The summed E-state index contributed by atoms with van der Waals surface area (Å²) in [5, 5.41) is 2.60. The summed E-state index contributed by atoms with van der Waals surface area (Å²) in [6.45, 7) is 0.570. The van der Waals surface area contributed by atoms with Crippen molar-refractivity contribution in [1.82, 2.24) is 4.98 Å². The number of rotatable bonds is 3. The molecule has 1 aromatic carbocycles. The third-order valence-corrected chi connectivity index (χ3v) is 3.12. The van der Waals surface area contributed by atoms with E-state index in [0.717, 1.165) is 10.2 Å². The van der Waals surface area contributed by atoms with Crippen LogP contribution in [0.25, 0.3) is 0 Å². The van der Waals surface area contributed by atoms with Gasteiger partial charge in [0.05, 0.1) is 0 Å². The Hall–Kier alpha value is -0.870. The van der Waals surface area contributed by atoms with E-state index in [1.54, 1.807) is 0 Å². The third-order valence-electron chi connectivity index (χ3n) is 1.66. The molecule has 14 heavy (non-hydrogen) atoms. The van der Waals surface area contributed by atoms with Gasteiger partial charge in [-0.1, -0.05) is 41.7 Å². The number of halogens is 1. The molecule has 0 bridgehead atoms. The second-order valence-electron chi connectivity index (χ2n) is 2.71. The maximum Gasteiger partial charge on any atom is 0.274 e. The Balaban J connectivity index is 1.95. The molecule has 0 aliphatic carbocycles. The fourth-order valence-electron chi connectivity index (χ4n) is 1.02. The normalized spacial score (nSPS) is 10.1. The van der Waals surface area contributed by atoms with Gasteiger partial charge in [0.1, 0.15) is 11.2 Å². The van der Waals surface area contributed by atoms with Gasteiger partial charge in [0, 0.05) is 5.38 Å². The van der Waals surface area contributed by atoms with Gasteiger partial charge in [-0.05, 0) is 21.5 Å². The minimum absolute atomic E-state index is 0.570. The van der Waals surface area contributed by atoms with Gasteiger partial charge >= 0.3 is 0 Å². The summed E-state index contributed by atoms with van der Waals surface area (Å²) in [7, 11) is 0. The van der Waals surface area contributed by atoms with E-state index in [1.807, 2.05) is 35.7 Å². The van der Waals surface area contributed by atoms with Crippen molar-refractivity contribution in [3.8, 4) is 5.19 Å². The summed E-state index contributed by atoms with van der Waals surface area (Å²) in [4.78, 5) is 4.14. The van der Waals surface area contributed by atoms with Gasteiger partial charge in [-0.3, -0.25) is 0 Å². The molecule has 0 radical (unpaired) electrons. The van der Waals surface area contributed by atoms with Crippen molar-refractivity contribution in [2.24, 2.45) is 0 Å². The fraction of sp³-hybridized carbons (Fsp3) is 0.100. The van der Waals surface area contributed by atoms with E-state index in [9.17, 15) is 0 Å². The second-order valence-corrected chi connectivity index (χ2v) is 4.34. The maximum absolute atomic E-state index is 5.49. The van der Waals surface area contributed by atoms with Crippen LogP contribution in [0, 0.1) is 0 Å². The van der Waals surface area contributed by atoms with Crippen LogP contribution >= 0.6 is 27.3 Å². The monoisotopic (exact) mass is 269 g/mol. The number of hydrogen-bond acceptors (Lipinski definition) is 3. The zero-order chi connectivity index (χ0) is 9.80. The van der Waals surface area contributed by atoms with Gasteiger partial charge in [0.15, 0.2) is 0 Å². The van der Waals surface area contributed by atoms with Crippen molar-refractivity contribution in [3.05, 3.63) is 45.9 Å². The molecule has 0 aliphatic rings. The first kappa shape index (κ1) is 9.68. The number of ether oxygens (including phenoxy) is 1. The Bertz CT molecular complexity index is 402. The van der Waals surface area contributed by atoms with Crippen LogP contribution in [-0.2, 0) is 6.61 Å². The van der Waals surface area contributed by atoms with Gasteiger partial charge in [-0.25, -0.2) is 0 Å². The molecule has 1 aromatic heterocycles. The Kier molecular flexibility index (Phi) is 3.16. The zero-order valence-electron chi connectivity index (χ0n) is 7.31. The van der Waals surface area contributed by atoms with E-state index in [0.29, 0.717) is 11.8 Å². The van der Waals surface area contributed by atoms with Gasteiger partial charge < -0.3 is 4.74 Å². The smallest absolute Gasteiger partial charge is 0.274 e. The van der Waals surface area contributed by atoms with E-state index in [4.69, 9.17) is 4.74 Å². The summed E-state index contributed by atoms with van der Waals surface area (Å²) in [6.07, 6.45) is 0. The van der Waals surface area contributed by atoms with Gasteiger partial charge in [-0.15, -0.1) is 0 Å². The molecular formula is C10H8BrNOS. The first-order valence-corrected chi connectivity index (χ1v) is 5.79. The molecule has 2 rings (SSSR count). The minimum Gasteiger partial charge on any atom is -0.465 e. The lowest BCUT2D eigenvalue weighted by Gasteiger charge is -2.01. The molecule has 2 nitrogen and oxygen atoms in total. The summed E-state index contributed by atoms with van der Waals surface area (Å²) in [5.74, 6) is 0. The fourth-order valence-corrected chi connectivity index (χ4v) is 2.11. The van der Waals surface area contributed by atoms with Crippen molar-refractivity contribution < 1.29 is 4.74 Å². The number of nitrogens with zero attached hydrogens (tertiary/aromatic N) is 1. The predicted molar refractivity (Wildman–Crippen MR) is 60.6 cm³/mol. The van der Waals surface area contributed by atoms with Crippen molar-refractivity contribution in [2.75, 3.05) is 0 Å². The lowest BCUT2D eigenvalue weighted by atomic mass is 10.2. The number of aromatic nitrogens is 1. The molecule has 0 N–H and O–H groups in total. The van der Waals surface area contributed by atoms with Crippen LogP contribution in [0.3, 0.4) is 0 Å². The molecule has 1 heterocycles. The van der Waals surface area contributed by atoms with Crippen LogP contribution in [0.1, 0.15) is 5.56 Å². The van der Waals surface area contributed by atoms with Crippen LogP contribution in [0.5, 0.6) is 5.19 Å². The highest BCUT2D eigenvalue weighted by atomic mass is 79.9. The highest BCUT2D eigenvalue weighted by Crippen LogP contribution is 2.22. The molecular weight excluding hydrogens is 262 g/mol. The summed E-state index contributed by atoms with van der Waals surface area (Å²) in [6, 6.07) is 10.0. The molecule has 0 spiro atoms. The lowest BCUT2D eigenvalue weighted by Crippen LogP contribution is -1.93. The minimum atomic E-state index is 0.570. The second kappa shape index (κ2) is 4.57. The zero-order valence-corrected chi connectivity index (χ0v) is 9.72. The van der Waals surface area contributed by atoms with E-state index < -0.39 is 0 Å². The molecule has 0 fully saturated rings. The van der Waals surface area contributed by atoms with Crippen molar-refractivity contribution >= 4 is 27.3 Å². The van der Waals surface area contributed by atoms with Crippen LogP contribution in [0.15, 0.2) is 40.3 Å². The molecule has 0 atom stereocenters. The first-order chi connectivity index (χ1) is 6.84. The highest BCUT2D eigenvalue weighted by Gasteiger charge is 1.99. The van der Waals surface area contributed by atoms with Crippen LogP contribution in [0.2, 0.25) is 0 Å². The first-order valence-electron chi connectivity index (χ1n) is 4.12. The SMILES string of the molecule is Brc1csc(OCc2ccccc2)n1. The van der Waals surface area contributed by atoms with E-state index in [2.05, 4.69) is 20.9 Å². The molecule has 72 valence electrons. The van der Waals surface area contributed by atoms with Crippen LogP contribution < -0.4 is 4.74 Å². The summed E-state index contributed by atoms with van der Waals surface area (Å²) < 4.78 is 6.31. The molecule has 0 amide bonds. The maximum atomic E-state index is 5.49. The lowest BCUT2D eigenvalue weighted by molar-refractivity contribution is 0.304. The third kappa shape index (κ3) is 2.56. The molecule has 2 aromatic rings. The van der Waals surface area contributed by atoms with E-state index in [-0.39, 0.29) is 0 Å². The van der Waals surface area contributed by atoms with E-state index in [1.165, 1.54) is 11.3 Å². The number of thiazole rings is 1. The van der Waals surface area contributed by atoms with Crippen LogP contribution in [-0.4, -0.2) is 4.98 Å². The molecule has 0 unspecified atom stereocenters. The Morgan fingerprint density at radius 2 is 2.07 bits per heavy atom. The Morgan fingerprint density at radius 3 is 2.71 bits per heavy atom. The van der Waals surface area contributed by atoms with Crippen molar-refractivity contribution in [2.45, 2.75) is 6.61 Å². The summed E-state index contributed by atoms with van der Waals surface area (Å²) in [5.41, 5.74) is 1.15.